The van der Waals surface area contributed by atoms with E-state index in [9.17, 15) is 9.59 Å². The van der Waals surface area contributed by atoms with E-state index in [1.54, 1.807) is 18.5 Å². The van der Waals surface area contributed by atoms with Crippen LogP contribution >= 0.6 is 0 Å². The van der Waals surface area contributed by atoms with Gasteiger partial charge in [-0.15, -0.1) is 10.0 Å². The minimum Gasteiger partial charge on any atom is -0.366 e. The fraction of sp³-hybridized carbons (Fsp3) is 0.240. The molecule has 4 heterocycles. The Morgan fingerprint density at radius 3 is 2.89 bits per heavy atom. The molecule has 0 fully saturated rings. The molecule has 0 bridgehead atoms. The second kappa shape index (κ2) is 7.42. The second-order valence-corrected chi connectivity index (χ2v) is 9.57. The van der Waals surface area contributed by atoms with Gasteiger partial charge >= 0.3 is 5.84 Å². The first-order chi connectivity index (χ1) is 16.8. The average Bonchev–Trinajstić information content (AvgIpc) is 3.32. The van der Waals surface area contributed by atoms with Crippen LogP contribution in [0.15, 0.2) is 63.9 Å². The van der Waals surface area contributed by atoms with E-state index < -0.39 is 11.3 Å². The summed E-state index contributed by atoms with van der Waals surface area (Å²) >= 11 is 0. The highest BCUT2D eigenvalue weighted by atomic mass is 16.2. The zero-order valence-electron chi connectivity index (χ0n) is 19.4. The molecule has 0 aliphatic carbocycles. The molecule has 4 aliphatic heterocycles. The van der Waals surface area contributed by atoms with E-state index in [1.807, 2.05) is 50.4 Å². The van der Waals surface area contributed by atoms with Crippen molar-refractivity contribution in [1.82, 2.24) is 5.01 Å². The molecule has 35 heavy (non-hydrogen) atoms. The van der Waals surface area contributed by atoms with Crippen molar-refractivity contribution in [1.29, 1.82) is 0 Å². The van der Waals surface area contributed by atoms with Crippen molar-refractivity contribution in [3.05, 3.63) is 71.1 Å². The Morgan fingerprint density at radius 1 is 1.20 bits per heavy atom. The Morgan fingerprint density at radius 2 is 2.06 bits per heavy atom. The fourth-order valence-corrected chi connectivity index (χ4v) is 4.98. The maximum absolute atomic E-state index is 12.3. The number of hydrogen-bond acceptors (Lipinski definition) is 7. The normalized spacial score (nSPS) is 23.7. The summed E-state index contributed by atoms with van der Waals surface area (Å²) in [6.45, 7) is 5.14. The van der Waals surface area contributed by atoms with Gasteiger partial charge in [0.05, 0.1) is 24.7 Å². The number of amides is 2. The number of anilines is 2. The van der Waals surface area contributed by atoms with Crippen LogP contribution in [0.1, 0.15) is 40.9 Å². The van der Waals surface area contributed by atoms with Crippen molar-refractivity contribution in [2.75, 3.05) is 17.2 Å². The van der Waals surface area contributed by atoms with Crippen LogP contribution in [-0.2, 0) is 23.2 Å². The highest BCUT2D eigenvalue weighted by Crippen LogP contribution is 2.39. The zero-order chi connectivity index (χ0) is 24.4. The van der Waals surface area contributed by atoms with Crippen LogP contribution in [0.25, 0.3) is 0 Å². The van der Waals surface area contributed by atoms with Gasteiger partial charge in [0, 0.05) is 16.9 Å². The molecule has 10 nitrogen and oxygen atoms in total. The third-order valence-corrected chi connectivity index (χ3v) is 7.03. The number of rotatable bonds is 3. The van der Waals surface area contributed by atoms with Gasteiger partial charge in [-0.3, -0.25) is 14.6 Å². The lowest BCUT2D eigenvalue weighted by molar-refractivity contribution is -0.920. The largest absolute Gasteiger partial charge is 0.366 e. The third kappa shape index (κ3) is 3.29. The lowest BCUT2D eigenvalue weighted by Crippen LogP contribution is -2.57. The number of fused-ring (bicyclic) bond motifs is 3. The van der Waals surface area contributed by atoms with Gasteiger partial charge in [0.15, 0.2) is 6.20 Å². The number of nitrogens with two attached hydrogens (primary N) is 1. The van der Waals surface area contributed by atoms with E-state index in [1.165, 1.54) is 5.56 Å². The number of quaternary nitrogens is 1. The summed E-state index contributed by atoms with van der Waals surface area (Å²) in [5.41, 5.74) is 10.2. The summed E-state index contributed by atoms with van der Waals surface area (Å²) < 4.78 is 0.0563. The summed E-state index contributed by atoms with van der Waals surface area (Å²) in [6, 6.07) is 11.4. The van der Waals surface area contributed by atoms with Gasteiger partial charge in [-0.1, -0.05) is 12.1 Å². The Kier molecular flexibility index (Phi) is 4.54. The van der Waals surface area contributed by atoms with Gasteiger partial charge in [-0.25, -0.2) is 0 Å². The summed E-state index contributed by atoms with van der Waals surface area (Å²) in [5.74, 6) is 0.651. The van der Waals surface area contributed by atoms with Crippen LogP contribution in [0.5, 0.6) is 0 Å². The summed E-state index contributed by atoms with van der Waals surface area (Å²) in [5, 5.41) is 13.4. The molecule has 1 atom stereocenters. The predicted molar refractivity (Wildman–Crippen MR) is 134 cm³/mol. The quantitative estimate of drug-likeness (QED) is 0.597. The molecule has 2 aromatic rings. The van der Waals surface area contributed by atoms with Crippen LogP contribution in [0.2, 0.25) is 0 Å². The lowest BCUT2D eigenvalue weighted by atomic mass is 9.86. The smallest absolute Gasteiger partial charge is 0.301 e. The van der Waals surface area contributed by atoms with Crippen LogP contribution in [-0.4, -0.2) is 46.1 Å². The van der Waals surface area contributed by atoms with Crippen molar-refractivity contribution in [2.24, 2.45) is 20.8 Å². The van der Waals surface area contributed by atoms with Crippen LogP contribution in [0.4, 0.5) is 11.4 Å². The van der Waals surface area contributed by atoms with E-state index in [2.05, 4.69) is 20.6 Å². The third-order valence-electron chi connectivity index (χ3n) is 7.03. The van der Waals surface area contributed by atoms with Crippen LogP contribution in [0.3, 0.4) is 0 Å². The summed E-state index contributed by atoms with van der Waals surface area (Å²) in [6.07, 6.45) is 6.12. The molecular weight excluding hydrogens is 444 g/mol. The molecule has 0 saturated heterocycles. The molecule has 2 amide bonds. The first kappa shape index (κ1) is 21.4. The van der Waals surface area contributed by atoms with Crippen LogP contribution < -0.4 is 16.4 Å². The van der Waals surface area contributed by atoms with E-state index >= 15 is 0 Å². The number of aliphatic imine (C=N–C) groups is 2. The molecule has 176 valence electrons. The molecule has 2 aromatic carbocycles. The average molecular weight is 470 g/mol. The second-order valence-electron chi connectivity index (χ2n) is 9.57. The van der Waals surface area contributed by atoms with Crippen molar-refractivity contribution in [2.45, 2.75) is 32.2 Å². The molecule has 10 heteroatoms. The molecule has 0 spiro atoms. The van der Waals surface area contributed by atoms with E-state index in [4.69, 9.17) is 15.8 Å². The molecule has 0 aromatic heterocycles. The predicted octanol–water partition coefficient (Wildman–Crippen LogP) is 2.46. The fourth-order valence-electron chi connectivity index (χ4n) is 4.98. The van der Waals surface area contributed by atoms with Gasteiger partial charge in [0.1, 0.15) is 6.21 Å². The van der Waals surface area contributed by atoms with Crippen molar-refractivity contribution >= 4 is 41.2 Å². The number of guanidine groups is 1. The number of amidine groups is 1. The highest BCUT2D eigenvalue weighted by Gasteiger charge is 2.47. The van der Waals surface area contributed by atoms with Gasteiger partial charge < -0.3 is 16.4 Å². The number of primary amides is 1. The number of carbonyl (C=O) groups is 2. The topological polar surface area (TPSA) is 125 Å². The van der Waals surface area contributed by atoms with Gasteiger partial charge in [0.25, 0.3) is 5.96 Å². The number of carbonyl (C=O) groups excluding carboxylic acids is 2. The highest BCUT2D eigenvalue weighted by molar-refractivity contribution is 6.30. The first-order valence-corrected chi connectivity index (χ1v) is 11.5. The SMILES string of the molecule is CC1(C)C(=O)Nc2cc(NC3=N[N+]4(N5CCc6ccc(C(N)=O)cc6C5)C=CN=CC4=N3)ccc21. The summed E-state index contributed by atoms with van der Waals surface area (Å²) in [4.78, 5) is 33.0. The molecule has 0 radical (unpaired) electrons. The lowest BCUT2D eigenvalue weighted by Gasteiger charge is -2.37. The molecular formula is C25H25N8O2+. The maximum Gasteiger partial charge on any atom is 0.301 e. The Labute approximate surface area is 202 Å². The van der Waals surface area contributed by atoms with Gasteiger partial charge in [-0.2, -0.15) is 0 Å². The Bertz CT molecular complexity index is 1420. The van der Waals surface area contributed by atoms with Crippen molar-refractivity contribution in [3.8, 4) is 0 Å². The first-order valence-electron chi connectivity index (χ1n) is 11.5. The minimum atomic E-state index is -0.560. The standard InChI is InChI=1S/C25H24N8O2/c1-25(2)19-6-5-18(12-20(19)29-23(25)35)28-24-30-21-13-27-8-10-33(21,31-24)32-9-7-15-3-4-16(22(26)34)11-17(15)14-32/h3-6,8,10-13H,7,9,14H2,1-2H3,(H3-,26,28,29,31,34,35)/p+1. The van der Waals surface area contributed by atoms with Crippen LogP contribution in [0, 0.1) is 0 Å². The zero-order valence-corrected chi connectivity index (χ0v) is 19.4. The molecule has 4 N–H and O–H groups in total. The number of nitrogens with zero attached hydrogens (tertiary/aromatic N) is 5. The van der Waals surface area contributed by atoms with E-state index in [0.29, 0.717) is 23.9 Å². The molecule has 4 aliphatic rings. The number of nitrogens with one attached hydrogen (secondary N) is 2. The Balaban J connectivity index is 1.30. The van der Waals surface area contributed by atoms with E-state index in [0.717, 1.165) is 35.5 Å². The summed E-state index contributed by atoms with van der Waals surface area (Å²) in [7, 11) is 0. The maximum atomic E-state index is 12.3. The van der Waals surface area contributed by atoms with E-state index in [-0.39, 0.29) is 10.6 Å². The van der Waals surface area contributed by atoms with Crippen molar-refractivity contribution in [3.63, 3.8) is 0 Å². The van der Waals surface area contributed by atoms with Crippen molar-refractivity contribution < 1.29 is 14.3 Å². The molecule has 0 saturated carbocycles. The Hall–Kier alpha value is -4.15. The molecule has 6 rings (SSSR count). The number of hydrogen-bond donors (Lipinski definition) is 3. The molecule has 1 unspecified atom stereocenters. The number of benzene rings is 2. The minimum absolute atomic E-state index is 0.0176. The van der Waals surface area contributed by atoms with Gasteiger partial charge in [-0.05, 0) is 71.0 Å². The van der Waals surface area contributed by atoms with Gasteiger partial charge in [0.2, 0.25) is 11.8 Å². The monoisotopic (exact) mass is 469 g/mol.